The Kier molecular flexibility index (Phi) is 5.26. The Bertz CT molecular complexity index is 610. The average molecular weight is 308 g/mol. The van der Waals surface area contributed by atoms with E-state index in [9.17, 15) is 0 Å². The smallest absolute Gasteiger partial charge is 0.124 e. The second kappa shape index (κ2) is 6.96. The summed E-state index contributed by atoms with van der Waals surface area (Å²) in [7, 11) is 3.61. The number of aromatic nitrogens is 2. The first-order valence-electron chi connectivity index (χ1n) is 7.13. The van der Waals surface area contributed by atoms with Gasteiger partial charge < -0.3 is 10.1 Å². The van der Waals surface area contributed by atoms with Gasteiger partial charge in [-0.15, -0.1) is 0 Å². The minimum atomic E-state index is 0.0206. The van der Waals surface area contributed by atoms with Crippen molar-refractivity contribution in [1.29, 1.82) is 0 Å². The molecule has 2 aromatic rings. The highest BCUT2D eigenvalue weighted by molar-refractivity contribution is 6.30. The third-order valence-electron chi connectivity index (χ3n) is 3.46. The number of aryl methyl sites for hydroxylation is 2. The molecule has 0 aliphatic heterocycles. The lowest BCUT2D eigenvalue weighted by Crippen LogP contribution is -2.24. The molecule has 4 nitrogen and oxygen atoms in total. The summed E-state index contributed by atoms with van der Waals surface area (Å²) in [5.74, 6) is 0.830. The van der Waals surface area contributed by atoms with Gasteiger partial charge in [-0.3, -0.25) is 4.68 Å². The molecule has 0 spiro atoms. The summed E-state index contributed by atoms with van der Waals surface area (Å²) >= 11 is 6.18. The molecule has 0 saturated heterocycles. The molecule has 1 heterocycles. The Morgan fingerprint density at radius 1 is 1.38 bits per heavy atom. The van der Waals surface area contributed by atoms with Gasteiger partial charge in [-0.1, -0.05) is 18.5 Å². The molecule has 2 rings (SSSR count). The van der Waals surface area contributed by atoms with E-state index in [-0.39, 0.29) is 6.04 Å². The monoisotopic (exact) mass is 307 g/mol. The number of nitrogens with one attached hydrogen (secondary N) is 1. The molecule has 1 N–H and O–H groups in total. The summed E-state index contributed by atoms with van der Waals surface area (Å²) in [6.45, 7) is 5.08. The first-order chi connectivity index (χ1) is 10.1. The van der Waals surface area contributed by atoms with E-state index in [0.717, 1.165) is 35.5 Å². The Hall–Kier alpha value is -1.52. The number of halogens is 1. The number of benzene rings is 1. The third-order valence-corrected chi connectivity index (χ3v) is 3.70. The molecule has 1 aromatic heterocycles. The van der Waals surface area contributed by atoms with E-state index in [1.807, 2.05) is 43.0 Å². The topological polar surface area (TPSA) is 39.1 Å². The lowest BCUT2D eigenvalue weighted by Gasteiger charge is -2.21. The highest BCUT2D eigenvalue weighted by atomic mass is 35.5. The van der Waals surface area contributed by atoms with Gasteiger partial charge in [0.1, 0.15) is 5.75 Å². The lowest BCUT2D eigenvalue weighted by molar-refractivity contribution is 0.403. The van der Waals surface area contributed by atoms with Gasteiger partial charge in [-0.25, -0.2) is 0 Å². The van der Waals surface area contributed by atoms with Crippen LogP contribution in [0, 0.1) is 6.92 Å². The van der Waals surface area contributed by atoms with Gasteiger partial charge in [0.05, 0.1) is 18.8 Å². The predicted molar refractivity (Wildman–Crippen MR) is 86.1 cm³/mol. The SMILES string of the molecule is CCCNC(c1cc(Cl)ccc1OC)c1cn(C)nc1C. The zero-order chi connectivity index (χ0) is 15.4. The molecule has 0 amide bonds. The standard InChI is InChI=1S/C16H22ClN3O/c1-5-8-18-16(14-10-20(3)19-11(14)2)13-9-12(17)6-7-15(13)21-4/h6-7,9-10,16,18H,5,8H2,1-4H3. The van der Waals surface area contributed by atoms with E-state index in [1.165, 1.54) is 0 Å². The van der Waals surface area contributed by atoms with Crippen LogP contribution < -0.4 is 10.1 Å². The van der Waals surface area contributed by atoms with Crippen LogP contribution in [0.5, 0.6) is 5.75 Å². The van der Waals surface area contributed by atoms with Crippen LogP contribution >= 0.6 is 11.6 Å². The van der Waals surface area contributed by atoms with Crippen molar-refractivity contribution in [3.05, 3.63) is 46.2 Å². The minimum Gasteiger partial charge on any atom is -0.496 e. The first-order valence-corrected chi connectivity index (χ1v) is 7.51. The molecule has 0 aliphatic carbocycles. The highest BCUT2D eigenvalue weighted by Crippen LogP contribution is 2.33. The van der Waals surface area contributed by atoms with Gasteiger partial charge in [0.2, 0.25) is 0 Å². The van der Waals surface area contributed by atoms with E-state index < -0.39 is 0 Å². The van der Waals surface area contributed by atoms with E-state index in [2.05, 4.69) is 17.3 Å². The Balaban J connectivity index is 2.50. The van der Waals surface area contributed by atoms with Crippen molar-refractivity contribution in [2.75, 3.05) is 13.7 Å². The highest BCUT2D eigenvalue weighted by Gasteiger charge is 2.21. The zero-order valence-corrected chi connectivity index (χ0v) is 13.7. The Morgan fingerprint density at radius 2 is 2.14 bits per heavy atom. The molecule has 1 atom stereocenters. The van der Waals surface area contributed by atoms with Gasteiger partial charge in [0.15, 0.2) is 0 Å². The van der Waals surface area contributed by atoms with Crippen LogP contribution in [0.4, 0.5) is 0 Å². The number of nitrogens with zero attached hydrogens (tertiary/aromatic N) is 2. The molecule has 0 fully saturated rings. The van der Waals surface area contributed by atoms with Crippen LogP contribution in [-0.4, -0.2) is 23.4 Å². The van der Waals surface area contributed by atoms with Gasteiger partial charge in [0.25, 0.3) is 0 Å². The van der Waals surface area contributed by atoms with Gasteiger partial charge >= 0.3 is 0 Å². The van der Waals surface area contributed by atoms with Crippen LogP contribution in [0.3, 0.4) is 0 Å². The van der Waals surface area contributed by atoms with Gasteiger partial charge in [0, 0.05) is 29.4 Å². The summed E-state index contributed by atoms with van der Waals surface area (Å²) in [4.78, 5) is 0. The van der Waals surface area contributed by atoms with Crippen molar-refractivity contribution in [2.45, 2.75) is 26.3 Å². The van der Waals surface area contributed by atoms with E-state index in [1.54, 1.807) is 7.11 Å². The summed E-state index contributed by atoms with van der Waals surface area (Å²) in [6.07, 6.45) is 3.10. The molecule has 0 bridgehead atoms. The van der Waals surface area contributed by atoms with Crippen LogP contribution in [0.15, 0.2) is 24.4 Å². The first kappa shape index (κ1) is 15.9. The fourth-order valence-corrected chi connectivity index (χ4v) is 2.69. The number of hydrogen-bond donors (Lipinski definition) is 1. The molecule has 0 radical (unpaired) electrons. The second-order valence-electron chi connectivity index (χ2n) is 5.12. The van der Waals surface area contributed by atoms with Crippen LogP contribution in [0.25, 0.3) is 0 Å². The van der Waals surface area contributed by atoms with Crippen molar-refractivity contribution in [3.63, 3.8) is 0 Å². The molecular formula is C16H22ClN3O. The molecule has 0 aliphatic rings. The third kappa shape index (κ3) is 3.57. The molecule has 114 valence electrons. The number of ether oxygens (including phenoxy) is 1. The van der Waals surface area contributed by atoms with Gasteiger partial charge in [-0.05, 0) is 38.1 Å². The summed E-state index contributed by atoms with van der Waals surface area (Å²) in [5, 5.41) is 8.72. The number of rotatable bonds is 6. The molecular weight excluding hydrogens is 286 g/mol. The van der Waals surface area contributed by atoms with Crippen LogP contribution in [0.1, 0.15) is 36.2 Å². The summed E-state index contributed by atoms with van der Waals surface area (Å²) < 4.78 is 7.34. The quantitative estimate of drug-likeness (QED) is 0.888. The molecule has 0 saturated carbocycles. The second-order valence-corrected chi connectivity index (χ2v) is 5.55. The van der Waals surface area contributed by atoms with Crippen LogP contribution in [0.2, 0.25) is 5.02 Å². The maximum atomic E-state index is 6.18. The maximum absolute atomic E-state index is 6.18. The maximum Gasteiger partial charge on any atom is 0.124 e. The van der Waals surface area contributed by atoms with Crippen molar-refractivity contribution < 1.29 is 4.74 Å². The fraction of sp³-hybridized carbons (Fsp3) is 0.438. The van der Waals surface area contributed by atoms with Crippen molar-refractivity contribution in [2.24, 2.45) is 7.05 Å². The van der Waals surface area contributed by atoms with Crippen molar-refractivity contribution in [3.8, 4) is 5.75 Å². The largest absolute Gasteiger partial charge is 0.496 e. The number of hydrogen-bond acceptors (Lipinski definition) is 3. The summed E-state index contributed by atoms with van der Waals surface area (Å²) in [6, 6.07) is 5.73. The lowest BCUT2D eigenvalue weighted by atomic mass is 9.98. The van der Waals surface area contributed by atoms with Crippen molar-refractivity contribution >= 4 is 11.6 Å². The van der Waals surface area contributed by atoms with Gasteiger partial charge in [-0.2, -0.15) is 5.10 Å². The average Bonchev–Trinajstić information content (AvgIpc) is 2.78. The predicted octanol–water partition coefficient (Wildman–Crippen LogP) is 3.48. The van der Waals surface area contributed by atoms with E-state index in [0.29, 0.717) is 5.02 Å². The van der Waals surface area contributed by atoms with E-state index in [4.69, 9.17) is 16.3 Å². The molecule has 1 aromatic carbocycles. The summed E-state index contributed by atoms with van der Waals surface area (Å²) in [5.41, 5.74) is 3.19. The minimum absolute atomic E-state index is 0.0206. The zero-order valence-electron chi connectivity index (χ0n) is 13.0. The van der Waals surface area contributed by atoms with Crippen LogP contribution in [-0.2, 0) is 7.05 Å². The molecule has 21 heavy (non-hydrogen) atoms. The van der Waals surface area contributed by atoms with E-state index >= 15 is 0 Å². The fourth-order valence-electron chi connectivity index (χ4n) is 2.51. The Morgan fingerprint density at radius 3 is 2.71 bits per heavy atom. The Labute approximate surface area is 131 Å². The molecule has 5 heteroatoms. The number of methoxy groups -OCH3 is 1. The van der Waals surface area contributed by atoms with Crippen molar-refractivity contribution in [1.82, 2.24) is 15.1 Å². The molecule has 1 unspecified atom stereocenters. The normalized spacial score (nSPS) is 12.4.